The molecule has 3 aliphatic heterocycles. The lowest BCUT2D eigenvalue weighted by molar-refractivity contribution is 0.0616. The van der Waals surface area contributed by atoms with Gasteiger partial charge in [-0.1, -0.05) is 83.9 Å². The molecule has 0 spiro atoms. The second kappa shape index (κ2) is 14.1. The summed E-state index contributed by atoms with van der Waals surface area (Å²) < 4.78 is 0. The van der Waals surface area contributed by atoms with Gasteiger partial charge in [-0.25, -0.2) is 4.79 Å². The van der Waals surface area contributed by atoms with Crippen LogP contribution in [0.2, 0.25) is 10.0 Å². The largest absolute Gasteiger partial charge is 0.338 e. The highest BCUT2D eigenvalue weighted by molar-refractivity contribution is 6.42. The van der Waals surface area contributed by atoms with Gasteiger partial charge in [-0.3, -0.25) is 4.79 Å². The summed E-state index contributed by atoms with van der Waals surface area (Å²) in [5.74, 6) is 0.0714. The van der Waals surface area contributed by atoms with Gasteiger partial charge in [0.25, 0.3) is 5.91 Å². The number of likely N-dealkylation sites (tertiary alicyclic amines) is 3. The van der Waals surface area contributed by atoms with E-state index in [9.17, 15) is 9.59 Å². The Labute approximate surface area is 277 Å². The zero-order chi connectivity index (χ0) is 31.3. The van der Waals surface area contributed by atoms with Gasteiger partial charge in [0, 0.05) is 50.2 Å². The molecule has 0 aliphatic carbocycles. The van der Waals surface area contributed by atoms with E-state index in [4.69, 9.17) is 23.2 Å². The number of nitrogens with zero attached hydrogens (tertiary/aromatic N) is 3. The molecule has 0 bridgehead atoms. The van der Waals surface area contributed by atoms with Crippen molar-refractivity contribution in [3.63, 3.8) is 0 Å². The number of amides is 3. The van der Waals surface area contributed by atoms with Gasteiger partial charge in [0.05, 0.1) is 15.6 Å². The summed E-state index contributed by atoms with van der Waals surface area (Å²) in [5, 5.41) is 4.65. The minimum Gasteiger partial charge on any atom is -0.338 e. The number of nitrogens with one attached hydrogen (secondary N) is 1. The van der Waals surface area contributed by atoms with Crippen molar-refractivity contribution in [1.29, 1.82) is 0 Å². The quantitative estimate of drug-likeness (QED) is 0.272. The summed E-state index contributed by atoms with van der Waals surface area (Å²) >= 11 is 13.4. The van der Waals surface area contributed by atoms with Crippen molar-refractivity contribution < 1.29 is 9.59 Å². The van der Waals surface area contributed by atoms with Crippen LogP contribution in [0.15, 0.2) is 78.9 Å². The molecule has 1 unspecified atom stereocenters. The van der Waals surface area contributed by atoms with Crippen molar-refractivity contribution in [3.05, 3.63) is 106 Å². The van der Waals surface area contributed by atoms with Gasteiger partial charge in [0.2, 0.25) is 0 Å². The van der Waals surface area contributed by atoms with Gasteiger partial charge < -0.3 is 20.0 Å². The number of urea groups is 1. The molecular weight excluding hydrogens is 603 g/mol. The molecular formula is C37H44Cl2N4O2. The topological polar surface area (TPSA) is 55.9 Å². The zero-order valence-corrected chi connectivity index (χ0v) is 27.5. The highest BCUT2D eigenvalue weighted by Crippen LogP contribution is 2.44. The molecule has 8 heteroatoms. The van der Waals surface area contributed by atoms with Gasteiger partial charge in [-0.15, -0.1) is 0 Å². The predicted octanol–water partition coefficient (Wildman–Crippen LogP) is 7.74. The number of carbonyl (C=O) groups is 2. The van der Waals surface area contributed by atoms with Crippen LogP contribution >= 0.6 is 23.2 Å². The summed E-state index contributed by atoms with van der Waals surface area (Å²) in [5.41, 5.74) is 2.34. The van der Waals surface area contributed by atoms with Crippen LogP contribution < -0.4 is 5.32 Å². The molecule has 3 aliphatic rings. The molecule has 6 nitrogen and oxygen atoms in total. The van der Waals surface area contributed by atoms with E-state index in [1.165, 1.54) is 5.56 Å². The molecule has 0 aromatic heterocycles. The number of hydrogen-bond acceptors (Lipinski definition) is 3. The summed E-state index contributed by atoms with van der Waals surface area (Å²) in [6, 6.07) is 26.0. The van der Waals surface area contributed by atoms with Crippen LogP contribution in [-0.2, 0) is 11.0 Å². The third-order valence-electron chi connectivity index (χ3n) is 10.3. The van der Waals surface area contributed by atoms with Crippen LogP contribution in [0.1, 0.15) is 72.9 Å². The van der Waals surface area contributed by atoms with Gasteiger partial charge in [0.1, 0.15) is 0 Å². The monoisotopic (exact) mass is 646 g/mol. The second-order valence-corrected chi connectivity index (χ2v) is 13.9. The molecule has 1 atom stereocenters. The standard InChI is InChI=1S/C37H44Cl2N4O2/c38-32-17-9-16-31(33(32)39)36(19-11-25-43(28-36)34(44)29-12-3-1-4-13-29)18-10-22-41-26-20-37(21-27-41,30-14-5-2-6-15-30)40-35(45)42-23-7-8-24-42/h1-6,9,12-17H,7-8,10-11,18-28H2,(H,40,45). The molecule has 3 aromatic carbocycles. The molecule has 3 amide bonds. The maximum Gasteiger partial charge on any atom is 0.318 e. The average Bonchev–Trinajstić information content (AvgIpc) is 3.63. The maximum absolute atomic E-state index is 13.6. The van der Waals surface area contributed by atoms with Gasteiger partial charge in [0.15, 0.2) is 0 Å². The Morgan fingerprint density at radius 3 is 2.11 bits per heavy atom. The number of benzene rings is 3. The van der Waals surface area contributed by atoms with E-state index in [1.54, 1.807) is 0 Å². The van der Waals surface area contributed by atoms with Gasteiger partial charge in [-0.05, 0) is 87.2 Å². The number of hydrogen-bond donors (Lipinski definition) is 1. The van der Waals surface area contributed by atoms with Crippen LogP contribution in [-0.4, -0.2) is 72.5 Å². The smallest absolute Gasteiger partial charge is 0.318 e. The third-order valence-corrected chi connectivity index (χ3v) is 11.1. The number of piperidine rings is 2. The SMILES string of the molecule is O=C(NC1(c2ccccc2)CCN(CCCC2(c3cccc(Cl)c3Cl)CCCN(C(=O)c3ccccc3)C2)CC1)N1CCCC1. The van der Waals surface area contributed by atoms with Crippen LogP contribution in [0.5, 0.6) is 0 Å². The summed E-state index contributed by atoms with van der Waals surface area (Å²) in [7, 11) is 0. The highest BCUT2D eigenvalue weighted by Gasteiger charge is 2.42. The summed E-state index contributed by atoms with van der Waals surface area (Å²) in [4.78, 5) is 33.3. The molecule has 6 rings (SSSR count). The normalized spacial score (nSPS) is 21.9. The lowest BCUT2D eigenvalue weighted by atomic mass is 9.70. The lowest BCUT2D eigenvalue weighted by Crippen LogP contribution is -2.56. The fraction of sp³-hybridized carbons (Fsp3) is 0.459. The lowest BCUT2D eigenvalue weighted by Gasteiger charge is -2.45. The van der Waals surface area contributed by atoms with E-state index >= 15 is 0 Å². The molecule has 3 saturated heterocycles. The number of halogens is 2. The average molecular weight is 648 g/mol. The van der Waals surface area contributed by atoms with Crippen LogP contribution in [0.3, 0.4) is 0 Å². The van der Waals surface area contributed by atoms with Crippen molar-refractivity contribution in [3.8, 4) is 0 Å². The van der Waals surface area contributed by atoms with Crippen molar-refractivity contribution >= 4 is 35.1 Å². The minimum atomic E-state index is -0.353. The molecule has 0 radical (unpaired) electrons. The summed E-state index contributed by atoms with van der Waals surface area (Å²) in [6.45, 7) is 5.84. The Hall–Kier alpha value is -3.06. The van der Waals surface area contributed by atoms with E-state index in [2.05, 4.69) is 40.5 Å². The molecule has 3 fully saturated rings. The second-order valence-electron chi connectivity index (χ2n) is 13.1. The van der Waals surface area contributed by atoms with E-state index in [0.29, 0.717) is 16.6 Å². The fourth-order valence-electron chi connectivity index (χ4n) is 7.79. The first-order chi connectivity index (χ1) is 21.9. The highest BCUT2D eigenvalue weighted by atomic mass is 35.5. The molecule has 45 heavy (non-hydrogen) atoms. The Bertz CT molecular complexity index is 1460. The minimum absolute atomic E-state index is 0.0667. The van der Waals surface area contributed by atoms with Gasteiger partial charge in [-0.2, -0.15) is 0 Å². The molecule has 3 aromatic rings. The third kappa shape index (κ3) is 7.03. The molecule has 3 heterocycles. The van der Waals surface area contributed by atoms with Crippen LogP contribution in [0, 0.1) is 0 Å². The number of rotatable bonds is 8. The van der Waals surface area contributed by atoms with E-state index in [1.807, 2.05) is 58.3 Å². The first kappa shape index (κ1) is 31.9. The van der Waals surface area contributed by atoms with Crippen molar-refractivity contribution in [2.24, 2.45) is 0 Å². The Balaban J connectivity index is 1.15. The Morgan fingerprint density at radius 1 is 0.733 bits per heavy atom. The van der Waals surface area contributed by atoms with E-state index in [-0.39, 0.29) is 22.9 Å². The maximum atomic E-state index is 13.6. The van der Waals surface area contributed by atoms with Gasteiger partial charge >= 0.3 is 6.03 Å². The van der Waals surface area contributed by atoms with Crippen LogP contribution in [0.4, 0.5) is 4.79 Å². The van der Waals surface area contributed by atoms with E-state index < -0.39 is 0 Å². The van der Waals surface area contributed by atoms with Crippen molar-refractivity contribution in [1.82, 2.24) is 20.0 Å². The fourth-order valence-corrected chi connectivity index (χ4v) is 8.29. The first-order valence-corrected chi connectivity index (χ1v) is 17.3. The van der Waals surface area contributed by atoms with Crippen LogP contribution in [0.25, 0.3) is 0 Å². The Kier molecular flexibility index (Phi) is 10.0. The molecule has 238 valence electrons. The predicted molar refractivity (Wildman–Crippen MR) is 182 cm³/mol. The van der Waals surface area contributed by atoms with Crippen molar-refractivity contribution in [2.45, 2.75) is 62.3 Å². The number of carbonyl (C=O) groups excluding carboxylic acids is 2. The Morgan fingerprint density at radius 2 is 1.40 bits per heavy atom. The van der Waals surface area contributed by atoms with Crippen molar-refractivity contribution in [2.75, 3.05) is 45.8 Å². The first-order valence-electron chi connectivity index (χ1n) is 16.5. The van der Waals surface area contributed by atoms with E-state index in [0.717, 1.165) is 102 Å². The molecule has 0 saturated carbocycles. The zero-order valence-electron chi connectivity index (χ0n) is 26.0. The molecule has 1 N–H and O–H groups in total. The summed E-state index contributed by atoms with van der Waals surface area (Å²) in [6.07, 6.45) is 7.70.